The van der Waals surface area contributed by atoms with E-state index in [1.807, 2.05) is 26.8 Å². The predicted molar refractivity (Wildman–Crippen MR) is 133 cm³/mol. The molecule has 0 atom stereocenters. The molecule has 2 heterocycles. The van der Waals surface area contributed by atoms with Gasteiger partial charge in [-0.05, 0) is 71.3 Å². The van der Waals surface area contributed by atoms with Crippen LogP contribution >= 0.6 is 11.3 Å². The zero-order valence-electron chi connectivity index (χ0n) is 20.8. The van der Waals surface area contributed by atoms with Gasteiger partial charge in [-0.25, -0.2) is 9.59 Å². The summed E-state index contributed by atoms with van der Waals surface area (Å²) >= 11 is 1.25. The fourth-order valence-electron chi connectivity index (χ4n) is 4.62. The number of methoxy groups -OCH3 is 1. The average Bonchev–Trinajstić information content (AvgIpc) is 3.21. The summed E-state index contributed by atoms with van der Waals surface area (Å²) in [7, 11) is 1.34. The van der Waals surface area contributed by atoms with Gasteiger partial charge in [-0.2, -0.15) is 0 Å². The number of amides is 2. The number of hydrogen-bond donors (Lipinski definition) is 1. The Morgan fingerprint density at radius 3 is 2.26 bits per heavy atom. The van der Waals surface area contributed by atoms with Crippen molar-refractivity contribution in [2.45, 2.75) is 72.3 Å². The lowest BCUT2D eigenvalue weighted by Gasteiger charge is -2.40. The third kappa shape index (κ3) is 6.32. The van der Waals surface area contributed by atoms with Crippen molar-refractivity contribution < 1.29 is 24.2 Å². The summed E-state index contributed by atoms with van der Waals surface area (Å²) in [6.45, 7) is 9.00. The number of esters is 1. The highest BCUT2D eigenvalue weighted by molar-refractivity contribution is 7.15. The van der Waals surface area contributed by atoms with Crippen molar-refractivity contribution in [2.75, 3.05) is 25.1 Å². The first kappa shape index (κ1) is 26.1. The second kappa shape index (κ2) is 10.8. The number of piperidine rings is 1. The Morgan fingerprint density at radius 1 is 1.12 bits per heavy atom. The third-order valence-corrected chi connectivity index (χ3v) is 7.63. The number of nitrogens with zero attached hydrogens (tertiary/aromatic N) is 2. The van der Waals surface area contributed by atoms with Gasteiger partial charge in [0.25, 0.3) is 0 Å². The predicted octanol–water partition coefficient (Wildman–Crippen LogP) is 5.23. The van der Waals surface area contributed by atoms with Gasteiger partial charge in [0.05, 0.1) is 17.7 Å². The van der Waals surface area contributed by atoms with E-state index >= 15 is 0 Å². The number of rotatable bonds is 4. The Labute approximate surface area is 206 Å². The molecule has 0 aromatic carbocycles. The number of hydrogen-bond acceptors (Lipinski definition) is 5. The van der Waals surface area contributed by atoms with Gasteiger partial charge in [0.2, 0.25) is 5.91 Å². The molecule has 186 valence electrons. The average molecular weight is 489 g/mol. The molecule has 1 aliphatic heterocycles. The van der Waals surface area contributed by atoms with Crippen molar-refractivity contribution in [3.8, 4) is 11.8 Å². The fraction of sp³-hybridized carbons (Fsp3) is 0.654. The molecular weight excluding hydrogens is 452 g/mol. The minimum atomic E-state index is -0.942. The number of anilines is 1. The lowest BCUT2D eigenvalue weighted by Crippen LogP contribution is -2.51. The Bertz CT molecular complexity index is 968. The number of likely N-dealkylation sites (tertiary alicyclic amines) is 1. The van der Waals surface area contributed by atoms with E-state index in [9.17, 15) is 19.5 Å². The minimum absolute atomic E-state index is 0.0268. The van der Waals surface area contributed by atoms with E-state index in [0.29, 0.717) is 47.3 Å². The van der Waals surface area contributed by atoms with Crippen LogP contribution in [0, 0.1) is 29.1 Å². The van der Waals surface area contributed by atoms with Gasteiger partial charge in [0.15, 0.2) is 0 Å². The summed E-state index contributed by atoms with van der Waals surface area (Å²) in [6, 6.07) is 1.66. The molecule has 3 rings (SSSR count). The van der Waals surface area contributed by atoms with Crippen LogP contribution in [0.1, 0.15) is 80.8 Å². The van der Waals surface area contributed by atoms with E-state index < -0.39 is 12.1 Å². The highest BCUT2D eigenvalue weighted by Crippen LogP contribution is 2.38. The third-order valence-electron chi connectivity index (χ3n) is 6.61. The first-order valence-electron chi connectivity index (χ1n) is 12.1. The summed E-state index contributed by atoms with van der Waals surface area (Å²) in [5, 5.41) is 9.37. The molecule has 1 aromatic heterocycles. The standard InChI is InChI=1S/C26H36N2O5S/c1-17-6-8-18(9-7-17)23(29)28(19-11-14-27(15-12-19)25(31)32)21-16-20(10-13-26(2,3)4)34-22(21)24(30)33-5/h16-19H,6-9,11-12,14-15H2,1-5H3,(H,31,32). The van der Waals surface area contributed by atoms with Gasteiger partial charge in [0.1, 0.15) is 4.88 Å². The Balaban J connectivity index is 2.01. The molecule has 1 N–H and O–H groups in total. The molecule has 8 heteroatoms. The van der Waals surface area contributed by atoms with Crippen molar-refractivity contribution >= 4 is 35.0 Å². The quantitative estimate of drug-likeness (QED) is 0.463. The number of ether oxygens (including phenoxy) is 1. The lowest BCUT2D eigenvalue weighted by atomic mass is 9.82. The Kier molecular flexibility index (Phi) is 8.29. The van der Waals surface area contributed by atoms with Gasteiger partial charge >= 0.3 is 12.1 Å². The smallest absolute Gasteiger partial charge is 0.407 e. The molecule has 1 saturated carbocycles. The molecule has 0 spiro atoms. The maximum absolute atomic E-state index is 13.9. The van der Waals surface area contributed by atoms with Gasteiger partial charge in [-0.1, -0.05) is 18.8 Å². The molecule has 0 unspecified atom stereocenters. The lowest BCUT2D eigenvalue weighted by molar-refractivity contribution is -0.124. The van der Waals surface area contributed by atoms with E-state index in [2.05, 4.69) is 18.8 Å². The normalized spacial score (nSPS) is 21.4. The summed E-state index contributed by atoms with van der Waals surface area (Å²) in [4.78, 5) is 42.3. The molecule has 0 radical (unpaired) electrons. The van der Waals surface area contributed by atoms with Crippen molar-refractivity contribution in [2.24, 2.45) is 17.3 Å². The SMILES string of the molecule is COC(=O)c1sc(C#CC(C)(C)C)cc1N(C(=O)C1CCC(C)CC1)C1CCN(C(=O)O)CC1. The second-order valence-electron chi connectivity index (χ2n) is 10.5. The van der Waals surface area contributed by atoms with E-state index in [1.165, 1.54) is 23.3 Å². The number of thiophene rings is 1. The minimum Gasteiger partial charge on any atom is -0.465 e. The van der Waals surface area contributed by atoms with Crippen LogP contribution < -0.4 is 4.90 Å². The van der Waals surface area contributed by atoms with Crippen LogP contribution in [0.2, 0.25) is 0 Å². The van der Waals surface area contributed by atoms with Gasteiger partial charge in [-0.3, -0.25) is 4.79 Å². The summed E-state index contributed by atoms with van der Waals surface area (Å²) < 4.78 is 5.06. The fourth-order valence-corrected chi connectivity index (χ4v) is 5.55. The van der Waals surface area contributed by atoms with Crippen LogP contribution in [-0.4, -0.2) is 54.2 Å². The van der Waals surface area contributed by atoms with Crippen LogP contribution in [-0.2, 0) is 9.53 Å². The van der Waals surface area contributed by atoms with Gasteiger partial charge in [-0.15, -0.1) is 11.3 Å². The molecule has 1 saturated heterocycles. The van der Waals surface area contributed by atoms with Gasteiger partial charge < -0.3 is 19.6 Å². The topological polar surface area (TPSA) is 87.2 Å². The molecule has 1 aliphatic carbocycles. The molecule has 34 heavy (non-hydrogen) atoms. The van der Waals surface area contributed by atoms with Crippen LogP contribution in [0.15, 0.2) is 6.07 Å². The van der Waals surface area contributed by atoms with Crippen molar-refractivity contribution in [1.82, 2.24) is 4.90 Å². The van der Waals surface area contributed by atoms with Crippen LogP contribution in [0.4, 0.5) is 10.5 Å². The zero-order chi connectivity index (χ0) is 25.0. The molecule has 2 fully saturated rings. The van der Waals surface area contributed by atoms with E-state index in [1.54, 1.807) is 4.90 Å². The molecular formula is C26H36N2O5S. The molecule has 2 aliphatic rings. The summed E-state index contributed by atoms with van der Waals surface area (Å²) in [6.07, 6.45) is 3.80. The largest absolute Gasteiger partial charge is 0.465 e. The highest BCUT2D eigenvalue weighted by atomic mass is 32.1. The summed E-state index contributed by atoms with van der Waals surface area (Å²) in [5.74, 6) is 6.43. The van der Waals surface area contributed by atoms with Crippen molar-refractivity contribution in [3.05, 3.63) is 15.8 Å². The first-order chi connectivity index (χ1) is 16.0. The highest BCUT2D eigenvalue weighted by Gasteiger charge is 2.37. The maximum atomic E-state index is 13.9. The molecule has 2 amide bonds. The Morgan fingerprint density at radius 2 is 1.74 bits per heavy atom. The maximum Gasteiger partial charge on any atom is 0.407 e. The second-order valence-corrected chi connectivity index (χ2v) is 11.5. The van der Waals surface area contributed by atoms with Crippen LogP contribution in [0.5, 0.6) is 0 Å². The number of carboxylic acid groups (broad SMARTS) is 1. The monoisotopic (exact) mass is 488 g/mol. The van der Waals surface area contributed by atoms with Gasteiger partial charge in [0, 0.05) is 30.5 Å². The van der Waals surface area contributed by atoms with E-state index in [0.717, 1.165) is 25.7 Å². The Hall–Kier alpha value is -2.53. The van der Waals surface area contributed by atoms with E-state index in [4.69, 9.17) is 4.74 Å². The zero-order valence-corrected chi connectivity index (χ0v) is 21.7. The first-order valence-corrected chi connectivity index (χ1v) is 12.9. The molecule has 0 bridgehead atoms. The number of carbonyl (C=O) groups is 3. The van der Waals surface area contributed by atoms with Crippen molar-refractivity contribution in [1.29, 1.82) is 0 Å². The summed E-state index contributed by atoms with van der Waals surface area (Å²) in [5.41, 5.74) is 0.348. The van der Waals surface area contributed by atoms with Crippen molar-refractivity contribution in [3.63, 3.8) is 0 Å². The molecule has 1 aromatic rings. The van der Waals surface area contributed by atoms with Crippen LogP contribution in [0.25, 0.3) is 0 Å². The number of carbonyl (C=O) groups excluding carboxylic acids is 2. The molecule has 7 nitrogen and oxygen atoms in total. The van der Waals surface area contributed by atoms with Crippen LogP contribution in [0.3, 0.4) is 0 Å². The van der Waals surface area contributed by atoms with E-state index in [-0.39, 0.29) is 23.3 Å².